The fourth-order valence-electron chi connectivity index (χ4n) is 2.51. The van der Waals surface area contributed by atoms with E-state index in [4.69, 9.17) is 4.74 Å². The second-order valence-electron chi connectivity index (χ2n) is 5.60. The molecule has 0 saturated carbocycles. The molecule has 1 aliphatic rings. The molecule has 106 valence electrons. The van der Waals surface area contributed by atoms with E-state index in [1.165, 1.54) is 0 Å². The molecule has 1 aromatic rings. The molecule has 2 nitrogen and oxygen atoms in total. The van der Waals surface area contributed by atoms with Gasteiger partial charge in [0.25, 0.3) is 0 Å². The van der Waals surface area contributed by atoms with Gasteiger partial charge in [-0.25, -0.2) is 0 Å². The Morgan fingerprint density at radius 3 is 2.70 bits per heavy atom. The second-order valence-corrected chi connectivity index (χ2v) is 5.60. The van der Waals surface area contributed by atoms with Crippen LogP contribution in [0.4, 0.5) is 0 Å². The second kappa shape index (κ2) is 6.56. The lowest BCUT2D eigenvalue weighted by atomic mass is 9.84. The van der Waals surface area contributed by atoms with E-state index < -0.39 is 0 Å². The van der Waals surface area contributed by atoms with Crippen molar-refractivity contribution in [1.82, 2.24) is 0 Å². The summed E-state index contributed by atoms with van der Waals surface area (Å²) in [4.78, 5) is 12.0. The number of esters is 1. The van der Waals surface area contributed by atoms with Gasteiger partial charge in [-0.15, -0.1) is 0 Å². The first-order chi connectivity index (χ1) is 9.56. The van der Waals surface area contributed by atoms with Crippen LogP contribution in [0, 0.1) is 5.92 Å². The molecule has 0 saturated heterocycles. The maximum atomic E-state index is 12.0. The molecule has 0 amide bonds. The Morgan fingerprint density at radius 1 is 1.35 bits per heavy atom. The number of rotatable bonds is 4. The van der Waals surface area contributed by atoms with Crippen molar-refractivity contribution in [2.45, 2.75) is 39.2 Å². The molecular weight excluding hydrogens is 248 g/mol. The minimum absolute atomic E-state index is 0.0957. The normalized spacial score (nSPS) is 22.0. The third kappa shape index (κ3) is 3.83. The summed E-state index contributed by atoms with van der Waals surface area (Å²) in [6, 6.07) is 9.71. The van der Waals surface area contributed by atoms with Crippen molar-refractivity contribution in [2.24, 2.45) is 5.92 Å². The quantitative estimate of drug-likeness (QED) is 0.609. The highest BCUT2D eigenvalue weighted by Crippen LogP contribution is 2.30. The van der Waals surface area contributed by atoms with E-state index in [0.717, 1.165) is 29.6 Å². The predicted octanol–water partition coefficient (Wildman–Crippen LogP) is 4.07. The van der Waals surface area contributed by atoms with Crippen LogP contribution in [0.3, 0.4) is 0 Å². The molecule has 0 bridgehead atoms. The highest BCUT2D eigenvalue weighted by atomic mass is 16.5. The van der Waals surface area contributed by atoms with E-state index in [1.807, 2.05) is 44.2 Å². The Labute approximate surface area is 121 Å². The predicted molar refractivity (Wildman–Crippen MR) is 81.3 cm³/mol. The Hall–Kier alpha value is -1.83. The van der Waals surface area contributed by atoms with Crippen LogP contribution >= 0.6 is 0 Å². The topological polar surface area (TPSA) is 26.3 Å². The van der Waals surface area contributed by atoms with Crippen LogP contribution in [0.2, 0.25) is 0 Å². The third-order valence-electron chi connectivity index (χ3n) is 3.89. The summed E-state index contributed by atoms with van der Waals surface area (Å²) < 4.78 is 5.64. The van der Waals surface area contributed by atoms with Gasteiger partial charge in [-0.1, -0.05) is 48.6 Å². The minimum Gasteiger partial charge on any atom is -0.458 e. The minimum atomic E-state index is -0.156. The van der Waals surface area contributed by atoms with Crippen LogP contribution in [-0.2, 0) is 16.0 Å². The van der Waals surface area contributed by atoms with Crippen molar-refractivity contribution < 1.29 is 9.53 Å². The molecule has 2 rings (SSSR count). The summed E-state index contributed by atoms with van der Waals surface area (Å²) >= 11 is 0. The van der Waals surface area contributed by atoms with Gasteiger partial charge in [0.2, 0.25) is 0 Å². The first kappa shape index (κ1) is 14.6. The van der Waals surface area contributed by atoms with E-state index in [-0.39, 0.29) is 12.1 Å². The van der Waals surface area contributed by atoms with Crippen molar-refractivity contribution in [2.75, 3.05) is 0 Å². The lowest BCUT2D eigenvalue weighted by Crippen LogP contribution is -2.26. The van der Waals surface area contributed by atoms with E-state index in [9.17, 15) is 4.79 Å². The number of allylic oxidation sites excluding steroid dienone is 2. The van der Waals surface area contributed by atoms with Crippen LogP contribution in [0.25, 0.3) is 0 Å². The first-order valence-electron chi connectivity index (χ1n) is 7.11. The Bertz CT molecular complexity index is 513. The van der Waals surface area contributed by atoms with Gasteiger partial charge in [-0.05, 0) is 43.7 Å². The molecule has 20 heavy (non-hydrogen) atoms. The number of carbonyl (C=O) groups is 1. The maximum absolute atomic E-state index is 12.0. The highest BCUT2D eigenvalue weighted by Gasteiger charge is 2.25. The zero-order valence-corrected chi connectivity index (χ0v) is 12.3. The molecule has 1 aliphatic carbocycles. The molecule has 0 N–H and O–H groups in total. The molecule has 2 heteroatoms. The van der Waals surface area contributed by atoms with Crippen molar-refractivity contribution in [3.8, 4) is 0 Å². The van der Waals surface area contributed by atoms with Crippen LogP contribution in [0.1, 0.15) is 32.3 Å². The molecule has 0 aliphatic heterocycles. The van der Waals surface area contributed by atoms with Crippen molar-refractivity contribution >= 4 is 5.97 Å². The molecule has 0 aromatic heterocycles. The summed E-state index contributed by atoms with van der Waals surface area (Å²) in [6.07, 6.45) is 4.28. The zero-order chi connectivity index (χ0) is 14.5. The number of hydrogen-bond donors (Lipinski definition) is 0. The van der Waals surface area contributed by atoms with E-state index in [0.29, 0.717) is 12.3 Å². The lowest BCUT2D eigenvalue weighted by molar-refractivity contribution is -0.147. The van der Waals surface area contributed by atoms with E-state index in [1.54, 1.807) is 0 Å². The largest absolute Gasteiger partial charge is 0.458 e. The van der Waals surface area contributed by atoms with Gasteiger partial charge in [0.1, 0.15) is 6.10 Å². The number of hydrogen-bond acceptors (Lipinski definition) is 2. The Morgan fingerprint density at radius 2 is 2.05 bits per heavy atom. The molecule has 2 atom stereocenters. The van der Waals surface area contributed by atoms with Crippen molar-refractivity contribution in [3.05, 3.63) is 59.7 Å². The van der Waals surface area contributed by atoms with Crippen molar-refractivity contribution in [3.63, 3.8) is 0 Å². The molecule has 0 unspecified atom stereocenters. The standard InChI is InChI=1S/C18H22O2/c1-13(2)16-10-9-14(3)17(12-16)20-18(19)11-15-7-5-4-6-8-15/h4-9,16-17H,1,10-12H2,2-3H3/t16-,17-/m1/s1. The van der Waals surface area contributed by atoms with Crippen LogP contribution in [-0.4, -0.2) is 12.1 Å². The van der Waals surface area contributed by atoms with E-state index >= 15 is 0 Å². The van der Waals surface area contributed by atoms with Crippen molar-refractivity contribution in [1.29, 1.82) is 0 Å². The Kier molecular flexibility index (Phi) is 4.78. The lowest BCUT2D eigenvalue weighted by Gasteiger charge is -2.28. The summed E-state index contributed by atoms with van der Waals surface area (Å²) in [6.45, 7) is 8.10. The number of benzene rings is 1. The Balaban J connectivity index is 1.95. The van der Waals surface area contributed by atoms with Crippen LogP contribution in [0.15, 0.2) is 54.1 Å². The average molecular weight is 270 g/mol. The fraction of sp³-hybridized carbons (Fsp3) is 0.389. The fourth-order valence-corrected chi connectivity index (χ4v) is 2.51. The molecule has 1 aromatic carbocycles. The third-order valence-corrected chi connectivity index (χ3v) is 3.89. The summed E-state index contributed by atoms with van der Waals surface area (Å²) in [7, 11) is 0. The summed E-state index contributed by atoms with van der Waals surface area (Å²) in [5.41, 5.74) is 3.31. The van der Waals surface area contributed by atoms with Gasteiger partial charge >= 0.3 is 5.97 Å². The van der Waals surface area contributed by atoms with Gasteiger partial charge in [-0.2, -0.15) is 0 Å². The zero-order valence-electron chi connectivity index (χ0n) is 12.3. The first-order valence-corrected chi connectivity index (χ1v) is 7.11. The van der Waals surface area contributed by atoms with Crippen LogP contribution < -0.4 is 0 Å². The molecule has 0 radical (unpaired) electrons. The average Bonchev–Trinajstić information content (AvgIpc) is 2.42. The van der Waals surface area contributed by atoms with Gasteiger partial charge in [0.05, 0.1) is 6.42 Å². The maximum Gasteiger partial charge on any atom is 0.310 e. The van der Waals surface area contributed by atoms with E-state index in [2.05, 4.69) is 12.7 Å². The highest BCUT2D eigenvalue weighted by molar-refractivity contribution is 5.73. The van der Waals surface area contributed by atoms with Gasteiger partial charge in [0.15, 0.2) is 0 Å². The van der Waals surface area contributed by atoms with Gasteiger partial charge in [0, 0.05) is 0 Å². The molecule has 0 fully saturated rings. The molecule has 0 heterocycles. The monoisotopic (exact) mass is 270 g/mol. The smallest absolute Gasteiger partial charge is 0.310 e. The number of ether oxygens (including phenoxy) is 1. The summed E-state index contributed by atoms with van der Waals surface area (Å²) in [5.74, 6) is 0.268. The molecular formula is C18H22O2. The summed E-state index contributed by atoms with van der Waals surface area (Å²) in [5, 5.41) is 0. The van der Waals surface area contributed by atoms with Gasteiger partial charge < -0.3 is 4.74 Å². The number of carbonyl (C=O) groups excluding carboxylic acids is 1. The van der Waals surface area contributed by atoms with Gasteiger partial charge in [-0.3, -0.25) is 4.79 Å². The van der Waals surface area contributed by atoms with Crippen LogP contribution in [0.5, 0.6) is 0 Å². The SMILES string of the molecule is C=C(C)[C@@H]1CC=C(C)[C@H](OC(=O)Cc2ccccc2)C1. The molecule has 0 spiro atoms.